The van der Waals surface area contributed by atoms with Crippen LogP contribution >= 0.6 is 0 Å². The SMILES string of the molecule is COC(=O)C(CC1CCN(O)CC1)NC(=O)Cc1cc(C)ccc1C. The van der Waals surface area contributed by atoms with Crippen LogP contribution in [0.15, 0.2) is 18.2 Å². The van der Waals surface area contributed by atoms with E-state index >= 15 is 0 Å². The highest BCUT2D eigenvalue weighted by Gasteiger charge is 2.27. The van der Waals surface area contributed by atoms with Crippen molar-refractivity contribution < 1.29 is 19.5 Å². The Labute approximate surface area is 149 Å². The van der Waals surface area contributed by atoms with Crippen molar-refractivity contribution in [3.05, 3.63) is 34.9 Å². The lowest BCUT2D eigenvalue weighted by Gasteiger charge is -2.29. The molecule has 2 N–H and O–H groups in total. The van der Waals surface area contributed by atoms with Gasteiger partial charge in [0.05, 0.1) is 13.5 Å². The molecular weight excluding hydrogens is 320 g/mol. The second-order valence-corrected chi connectivity index (χ2v) is 6.88. The number of nitrogens with zero attached hydrogens (tertiary/aromatic N) is 1. The van der Waals surface area contributed by atoms with Crippen molar-refractivity contribution in [1.82, 2.24) is 10.4 Å². The number of nitrogens with one attached hydrogen (secondary N) is 1. The number of carbonyl (C=O) groups excluding carboxylic acids is 2. The van der Waals surface area contributed by atoms with Crippen LogP contribution in [0.2, 0.25) is 0 Å². The van der Waals surface area contributed by atoms with E-state index in [4.69, 9.17) is 4.74 Å². The maximum Gasteiger partial charge on any atom is 0.328 e. The van der Waals surface area contributed by atoms with E-state index in [-0.39, 0.29) is 18.2 Å². The summed E-state index contributed by atoms with van der Waals surface area (Å²) in [6.07, 6.45) is 2.39. The van der Waals surface area contributed by atoms with Gasteiger partial charge in [-0.15, -0.1) is 0 Å². The van der Waals surface area contributed by atoms with E-state index in [0.717, 1.165) is 29.5 Å². The normalized spacial score (nSPS) is 17.1. The van der Waals surface area contributed by atoms with Gasteiger partial charge < -0.3 is 15.3 Å². The number of ether oxygens (including phenoxy) is 1. The van der Waals surface area contributed by atoms with Gasteiger partial charge in [-0.05, 0) is 50.2 Å². The fourth-order valence-electron chi connectivity index (χ4n) is 3.25. The van der Waals surface area contributed by atoms with E-state index in [1.807, 2.05) is 32.0 Å². The van der Waals surface area contributed by atoms with Crippen LogP contribution in [0.3, 0.4) is 0 Å². The second kappa shape index (κ2) is 8.97. The van der Waals surface area contributed by atoms with Crippen LogP contribution in [0.4, 0.5) is 0 Å². The summed E-state index contributed by atoms with van der Waals surface area (Å²) >= 11 is 0. The van der Waals surface area contributed by atoms with Gasteiger partial charge >= 0.3 is 5.97 Å². The quantitative estimate of drug-likeness (QED) is 0.769. The number of esters is 1. The van der Waals surface area contributed by atoms with Crippen molar-refractivity contribution in [1.29, 1.82) is 0 Å². The lowest BCUT2D eigenvalue weighted by molar-refractivity contribution is -0.146. The zero-order valence-electron chi connectivity index (χ0n) is 15.2. The number of hydrogen-bond acceptors (Lipinski definition) is 5. The van der Waals surface area contributed by atoms with Crippen molar-refractivity contribution >= 4 is 11.9 Å². The fraction of sp³-hybridized carbons (Fsp3) is 0.579. The average Bonchev–Trinajstić information content (AvgIpc) is 2.58. The zero-order chi connectivity index (χ0) is 18.4. The maximum atomic E-state index is 12.4. The van der Waals surface area contributed by atoms with Crippen molar-refractivity contribution in [2.45, 2.75) is 45.6 Å². The van der Waals surface area contributed by atoms with Gasteiger partial charge in [0.2, 0.25) is 5.91 Å². The smallest absolute Gasteiger partial charge is 0.328 e. The van der Waals surface area contributed by atoms with Crippen LogP contribution in [0.25, 0.3) is 0 Å². The highest BCUT2D eigenvalue weighted by molar-refractivity contribution is 5.85. The predicted molar refractivity (Wildman–Crippen MR) is 94.3 cm³/mol. The third-order valence-electron chi connectivity index (χ3n) is 4.84. The van der Waals surface area contributed by atoms with Gasteiger partial charge in [-0.1, -0.05) is 23.8 Å². The Hall–Kier alpha value is -1.92. The second-order valence-electron chi connectivity index (χ2n) is 6.88. The first-order valence-electron chi connectivity index (χ1n) is 8.76. The third kappa shape index (κ3) is 5.83. The molecule has 0 radical (unpaired) electrons. The first-order valence-corrected chi connectivity index (χ1v) is 8.76. The van der Waals surface area contributed by atoms with E-state index in [1.165, 1.54) is 12.2 Å². The average molecular weight is 348 g/mol. The lowest BCUT2D eigenvalue weighted by Crippen LogP contribution is -2.44. The van der Waals surface area contributed by atoms with Gasteiger partial charge in [0.15, 0.2) is 0 Å². The Bertz CT molecular complexity index is 609. The number of carbonyl (C=O) groups is 2. The van der Waals surface area contributed by atoms with Gasteiger partial charge in [0, 0.05) is 13.1 Å². The molecule has 0 aromatic heterocycles. The molecule has 1 aromatic rings. The number of hydroxylamine groups is 2. The lowest BCUT2D eigenvalue weighted by atomic mass is 9.90. The monoisotopic (exact) mass is 348 g/mol. The maximum absolute atomic E-state index is 12.4. The van der Waals surface area contributed by atoms with Crippen molar-refractivity contribution in [2.24, 2.45) is 5.92 Å². The minimum atomic E-state index is -0.641. The van der Waals surface area contributed by atoms with Gasteiger partial charge in [-0.25, -0.2) is 4.79 Å². The van der Waals surface area contributed by atoms with Crippen LogP contribution in [-0.4, -0.2) is 48.4 Å². The number of benzene rings is 1. The van der Waals surface area contributed by atoms with Crippen LogP contribution in [0.5, 0.6) is 0 Å². The summed E-state index contributed by atoms with van der Waals surface area (Å²) < 4.78 is 4.86. The zero-order valence-corrected chi connectivity index (χ0v) is 15.2. The Balaban J connectivity index is 1.97. The summed E-state index contributed by atoms with van der Waals surface area (Å²) in [6, 6.07) is 5.37. The molecule has 25 heavy (non-hydrogen) atoms. The molecule has 1 amide bonds. The molecule has 1 heterocycles. The molecule has 1 aromatic carbocycles. The van der Waals surface area contributed by atoms with E-state index in [2.05, 4.69) is 5.32 Å². The molecule has 6 heteroatoms. The number of piperidine rings is 1. The van der Waals surface area contributed by atoms with Crippen LogP contribution in [0, 0.1) is 19.8 Å². The number of aryl methyl sites for hydroxylation is 2. The van der Waals surface area contributed by atoms with E-state index in [0.29, 0.717) is 19.5 Å². The summed E-state index contributed by atoms with van der Waals surface area (Å²) in [4.78, 5) is 24.5. The molecule has 2 rings (SSSR count). The Morgan fingerprint density at radius 2 is 2.00 bits per heavy atom. The molecule has 0 bridgehead atoms. The van der Waals surface area contributed by atoms with E-state index < -0.39 is 12.0 Å². The summed E-state index contributed by atoms with van der Waals surface area (Å²) in [6.45, 7) is 5.15. The predicted octanol–water partition coefficient (Wildman–Crippen LogP) is 2.00. The molecule has 138 valence electrons. The summed E-state index contributed by atoms with van der Waals surface area (Å²) in [7, 11) is 1.34. The number of hydrogen-bond donors (Lipinski definition) is 2. The topological polar surface area (TPSA) is 78.9 Å². The summed E-state index contributed by atoms with van der Waals surface area (Å²) in [5, 5.41) is 13.6. The van der Waals surface area contributed by atoms with Gasteiger partial charge in [0.25, 0.3) is 0 Å². The van der Waals surface area contributed by atoms with E-state index in [9.17, 15) is 14.8 Å². The Kier molecular flexibility index (Phi) is 6.96. The van der Waals surface area contributed by atoms with Crippen LogP contribution < -0.4 is 5.32 Å². The molecule has 0 saturated carbocycles. The van der Waals surface area contributed by atoms with Gasteiger partial charge in [-0.3, -0.25) is 4.79 Å². The molecular formula is C19H28N2O4. The molecule has 0 aliphatic carbocycles. The minimum Gasteiger partial charge on any atom is -0.467 e. The van der Waals surface area contributed by atoms with Crippen LogP contribution in [0.1, 0.15) is 36.0 Å². The highest BCUT2D eigenvalue weighted by Crippen LogP contribution is 2.21. The van der Waals surface area contributed by atoms with Gasteiger partial charge in [-0.2, -0.15) is 5.06 Å². The molecule has 1 atom stereocenters. The van der Waals surface area contributed by atoms with Crippen LogP contribution in [-0.2, 0) is 20.7 Å². The molecule has 1 aliphatic rings. The summed E-state index contributed by atoms with van der Waals surface area (Å²) in [5.41, 5.74) is 3.13. The summed E-state index contributed by atoms with van der Waals surface area (Å²) in [5.74, 6) is -0.307. The molecule has 1 aliphatic heterocycles. The number of methoxy groups -OCH3 is 1. The number of rotatable bonds is 6. The van der Waals surface area contributed by atoms with Crippen molar-refractivity contribution in [3.63, 3.8) is 0 Å². The largest absolute Gasteiger partial charge is 0.467 e. The molecule has 1 unspecified atom stereocenters. The molecule has 6 nitrogen and oxygen atoms in total. The Morgan fingerprint density at radius 3 is 2.64 bits per heavy atom. The van der Waals surface area contributed by atoms with Crippen molar-refractivity contribution in [3.8, 4) is 0 Å². The standard InChI is InChI=1S/C19H28N2O4/c1-13-4-5-14(2)16(10-13)12-18(22)20-17(19(23)25-3)11-15-6-8-21(24)9-7-15/h4-5,10,15,17,24H,6-9,11-12H2,1-3H3,(H,20,22). The Morgan fingerprint density at radius 1 is 1.32 bits per heavy atom. The molecule has 1 fully saturated rings. The van der Waals surface area contributed by atoms with Gasteiger partial charge in [0.1, 0.15) is 6.04 Å². The van der Waals surface area contributed by atoms with E-state index in [1.54, 1.807) is 0 Å². The number of amides is 1. The molecule has 1 saturated heterocycles. The molecule has 0 spiro atoms. The highest BCUT2D eigenvalue weighted by atomic mass is 16.5. The fourth-order valence-corrected chi connectivity index (χ4v) is 3.25. The third-order valence-corrected chi connectivity index (χ3v) is 4.84. The minimum absolute atomic E-state index is 0.177. The first-order chi connectivity index (χ1) is 11.9. The van der Waals surface area contributed by atoms with Crippen molar-refractivity contribution in [2.75, 3.05) is 20.2 Å². The first kappa shape index (κ1) is 19.4.